The number of fused-ring (bicyclic) bond motifs is 3. The second kappa shape index (κ2) is 6.80. The van der Waals surface area contributed by atoms with Crippen LogP contribution in [0.3, 0.4) is 0 Å². The molecule has 144 valence electrons. The number of rotatable bonds is 4. The lowest BCUT2D eigenvalue weighted by Gasteiger charge is -2.45. The third-order valence-corrected chi connectivity index (χ3v) is 6.60. The molecular weight excluding hydrogens is 342 g/mol. The number of amides is 1. The highest BCUT2D eigenvalue weighted by Crippen LogP contribution is 2.40. The van der Waals surface area contributed by atoms with Crippen molar-refractivity contribution in [3.63, 3.8) is 0 Å². The van der Waals surface area contributed by atoms with Crippen molar-refractivity contribution < 1.29 is 9.53 Å². The summed E-state index contributed by atoms with van der Waals surface area (Å²) in [5.74, 6) is -0.435. The fourth-order valence-corrected chi connectivity index (χ4v) is 5.47. The van der Waals surface area contributed by atoms with Crippen LogP contribution in [0.5, 0.6) is 0 Å². The summed E-state index contributed by atoms with van der Waals surface area (Å²) in [6.45, 7) is 1.79. The van der Waals surface area contributed by atoms with Gasteiger partial charge in [-0.25, -0.2) is 4.98 Å². The minimum atomic E-state index is -0.435. The van der Waals surface area contributed by atoms with E-state index in [1.165, 1.54) is 12.8 Å². The van der Waals surface area contributed by atoms with Crippen LogP contribution >= 0.6 is 0 Å². The number of carbonyl (C=O) groups is 1. The largest absolute Gasteiger partial charge is 0.381 e. The van der Waals surface area contributed by atoms with Gasteiger partial charge in [0.15, 0.2) is 0 Å². The molecule has 4 N–H and O–H groups in total. The molecule has 5 heterocycles. The fraction of sp³-hybridized carbons (Fsp3) is 0.600. The number of pyridine rings is 1. The lowest BCUT2D eigenvalue weighted by Crippen LogP contribution is -2.53. The predicted molar refractivity (Wildman–Crippen MR) is 104 cm³/mol. The van der Waals surface area contributed by atoms with Gasteiger partial charge < -0.3 is 20.8 Å². The number of piperidine rings is 1. The zero-order valence-corrected chi connectivity index (χ0v) is 15.5. The van der Waals surface area contributed by atoms with Crippen molar-refractivity contribution in [2.24, 2.45) is 5.73 Å². The van der Waals surface area contributed by atoms with Crippen molar-refractivity contribution in [2.45, 2.75) is 62.7 Å². The van der Waals surface area contributed by atoms with Crippen molar-refractivity contribution in [3.8, 4) is 0 Å². The molecule has 0 aliphatic carbocycles. The van der Waals surface area contributed by atoms with E-state index in [4.69, 9.17) is 10.5 Å². The van der Waals surface area contributed by atoms with E-state index >= 15 is 0 Å². The van der Waals surface area contributed by atoms with Crippen molar-refractivity contribution in [1.29, 1.82) is 0 Å². The van der Waals surface area contributed by atoms with Crippen LogP contribution in [0.4, 0.5) is 5.69 Å². The molecule has 2 bridgehead atoms. The van der Waals surface area contributed by atoms with Crippen LogP contribution in [0.2, 0.25) is 0 Å². The average Bonchev–Trinajstić information content (AvgIpc) is 3.25. The number of hydrogen-bond donors (Lipinski definition) is 3. The number of anilines is 1. The van der Waals surface area contributed by atoms with E-state index in [2.05, 4.69) is 20.2 Å². The minimum absolute atomic E-state index is 0.359. The van der Waals surface area contributed by atoms with Gasteiger partial charge in [-0.2, -0.15) is 0 Å². The minimum Gasteiger partial charge on any atom is -0.381 e. The number of nitrogens with one attached hydrogen (secondary N) is 2. The van der Waals surface area contributed by atoms with Crippen LogP contribution in [0.25, 0.3) is 11.0 Å². The third-order valence-electron chi connectivity index (χ3n) is 6.60. The molecule has 2 aromatic rings. The Balaban J connectivity index is 1.38. The highest BCUT2D eigenvalue weighted by atomic mass is 16.5. The Morgan fingerprint density at radius 3 is 2.63 bits per heavy atom. The van der Waals surface area contributed by atoms with Gasteiger partial charge in [0.1, 0.15) is 5.65 Å². The summed E-state index contributed by atoms with van der Waals surface area (Å²) in [4.78, 5) is 22.2. The first-order chi connectivity index (χ1) is 13.2. The van der Waals surface area contributed by atoms with Crippen LogP contribution in [0.15, 0.2) is 18.5 Å². The normalized spacial score (nSPS) is 29.3. The number of H-pyrrole nitrogens is 1. The van der Waals surface area contributed by atoms with Crippen LogP contribution < -0.4 is 11.1 Å². The zero-order valence-electron chi connectivity index (χ0n) is 15.5. The summed E-state index contributed by atoms with van der Waals surface area (Å²) < 4.78 is 5.56. The van der Waals surface area contributed by atoms with E-state index in [-0.39, 0.29) is 0 Å². The second-order valence-electron chi connectivity index (χ2n) is 8.14. The smallest absolute Gasteiger partial charge is 0.252 e. The first kappa shape index (κ1) is 17.0. The predicted octanol–water partition coefficient (Wildman–Crippen LogP) is 2.25. The quantitative estimate of drug-likeness (QED) is 0.768. The number of hydrogen-bond acceptors (Lipinski definition) is 5. The maximum atomic E-state index is 11.9. The summed E-state index contributed by atoms with van der Waals surface area (Å²) in [5, 5.41) is 4.61. The molecule has 0 spiro atoms. The van der Waals surface area contributed by atoms with Gasteiger partial charge in [0.2, 0.25) is 0 Å². The van der Waals surface area contributed by atoms with Crippen LogP contribution in [-0.4, -0.2) is 58.2 Å². The standard InChI is InChI=1S/C20H27N5O2/c21-19(26)17-11-23-20-16(3-6-22-20)18(17)24-12-9-14-1-2-15(10-12)25(14)13-4-7-27-8-5-13/h3,6,11-15H,1-2,4-5,7-10H2,(H2,21,26)(H2,22,23,24)/t12-,14-,15+. The van der Waals surface area contributed by atoms with Crippen LogP contribution in [-0.2, 0) is 4.74 Å². The lowest BCUT2D eigenvalue weighted by atomic mass is 9.92. The summed E-state index contributed by atoms with van der Waals surface area (Å²) in [5.41, 5.74) is 7.70. The van der Waals surface area contributed by atoms with Gasteiger partial charge in [0.25, 0.3) is 5.91 Å². The SMILES string of the molecule is NC(=O)c1cnc2[nH]ccc2c1N[C@@H]1C[C@H]2CC[C@@H](C1)N2C1CCOCC1. The molecule has 3 aliphatic rings. The average molecular weight is 369 g/mol. The molecule has 0 saturated carbocycles. The molecule has 0 radical (unpaired) electrons. The van der Waals surface area contributed by atoms with E-state index in [9.17, 15) is 4.79 Å². The Hall–Kier alpha value is -2.12. The number of nitrogens with zero attached hydrogens (tertiary/aromatic N) is 2. The molecule has 3 saturated heterocycles. The molecule has 1 amide bonds. The van der Waals surface area contributed by atoms with Crippen LogP contribution in [0.1, 0.15) is 48.9 Å². The van der Waals surface area contributed by atoms with Crippen molar-refractivity contribution in [3.05, 3.63) is 24.0 Å². The first-order valence-electron chi connectivity index (χ1n) is 10.1. The lowest BCUT2D eigenvalue weighted by molar-refractivity contribution is -0.00117. The van der Waals surface area contributed by atoms with Gasteiger partial charge in [0, 0.05) is 55.2 Å². The second-order valence-corrected chi connectivity index (χ2v) is 8.14. The maximum Gasteiger partial charge on any atom is 0.252 e. The molecule has 0 unspecified atom stereocenters. The molecule has 3 aliphatic heterocycles. The zero-order chi connectivity index (χ0) is 18.4. The molecule has 2 aromatic heterocycles. The van der Waals surface area contributed by atoms with Crippen molar-refractivity contribution in [2.75, 3.05) is 18.5 Å². The van der Waals surface area contributed by atoms with E-state index in [0.29, 0.717) is 29.7 Å². The molecule has 3 atom stereocenters. The molecule has 0 aromatic carbocycles. The van der Waals surface area contributed by atoms with Gasteiger partial charge in [-0.3, -0.25) is 9.69 Å². The maximum absolute atomic E-state index is 11.9. The molecule has 5 rings (SSSR count). The monoisotopic (exact) mass is 369 g/mol. The Kier molecular flexibility index (Phi) is 4.28. The number of primary amides is 1. The van der Waals surface area contributed by atoms with Crippen molar-refractivity contribution in [1.82, 2.24) is 14.9 Å². The van der Waals surface area contributed by atoms with E-state index < -0.39 is 5.91 Å². The molecular formula is C20H27N5O2. The Bertz CT molecular complexity index is 830. The van der Waals surface area contributed by atoms with Crippen molar-refractivity contribution >= 4 is 22.6 Å². The highest BCUT2D eigenvalue weighted by Gasteiger charge is 2.44. The summed E-state index contributed by atoms with van der Waals surface area (Å²) >= 11 is 0. The number of aromatic amines is 1. The summed E-state index contributed by atoms with van der Waals surface area (Å²) in [6, 6.07) is 4.26. The first-order valence-corrected chi connectivity index (χ1v) is 10.1. The molecule has 3 fully saturated rings. The third kappa shape index (κ3) is 2.99. The molecule has 7 heteroatoms. The van der Waals surface area contributed by atoms with Crippen LogP contribution in [0, 0.1) is 0 Å². The number of aromatic nitrogens is 2. The topological polar surface area (TPSA) is 96.3 Å². The van der Waals surface area contributed by atoms with E-state index in [1.807, 2.05) is 12.3 Å². The fourth-order valence-electron chi connectivity index (χ4n) is 5.47. The Morgan fingerprint density at radius 1 is 1.19 bits per heavy atom. The Labute approximate surface area is 158 Å². The van der Waals surface area contributed by atoms with E-state index in [1.54, 1.807) is 6.20 Å². The van der Waals surface area contributed by atoms with Gasteiger partial charge in [0.05, 0.1) is 11.3 Å². The Morgan fingerprint density at radius 2 is 1.93 bits per heavy atom. The van der Waals surface area contributed by atoms with Gasteiger partial charge >= 0.3 is 0 Å². The summed E-state index contributed by atoms with van der Waals surface area (Å²) in [7, 11) is 0. The molecule has 27 heavy (non-hydrogen) atoms. The molecule has 7 nitrogen and oxygen atoms in total. The van der Waals surface area contributed by atoms with E-state index in [0.717, 1.165) is 55.6 Å². The summed E-state index contributed by atoms with van der Waals surface area (Å²) in [6.07, 6.45) is 10.5. The van der Waals surface area contributed by atoms with Gasteiger partial charge in [-0.1, -0.05) is 0 Å². The van der Waals surface area contributed by atoms with Gasteiger partial charge in [-0.05, 0) is 44.6 Å². The number of nitrogens with two attached hydrogens (primary N) is 1. The van der Waals surface area contributed by atoms with Gasteiger partial charge in [-0.15, -0.1) is 0 Å². The number of carbonyl (C=O) groups excluding carboxylic acids is 1. The highest BCUT2D eigenvalue weighted by molar-refractivity contribution is 6.05. The number of ether oxygens (including phenoxy) is 1.